The average Bonchev–Trinajstić information content (AvgIpc) is 3.02. The van der Waals surface area contributed by atoms with Gasteiger partial charge in [-0.25, -0.2) is 0 Å². The van der Waals surface area contributed by atoms with Crippen molar-refractivity contribution in [2.24, 2.45) is 5.92 Å². The predicted octanol–water partition coefficient (Wildman–Crippen LogP) is 2.30. The van der Waals surface area contributed by atoms with Crippen molar-refractivity contribution < 1.29 is 4.21 Å². The van der Waals surface area contributed by atoms with E-state index in [1.807, 2.05) is 6.26 Å². The highest BCUT2D eigenvalue weighted by molar-refractivity contribution is 7.87. The van der Waals surface area contributed by atoms with Gasteiger partial charge >= 0.3 is 0 Å². The molecular formula is C13H20OSSi. The topological polar surface area (TPSA) is 17.1 Å². The van der Waals surface area contributed by atoms with Crippen molar-refractivity contribution in [1.29, 1.82) is 0 Å². The first kappa shape index (κ1) is 12.1. The van der Waals surface area contributed by atoms with Crippen LogP contribution in [0.2, 0.25) is 13.1 Å². The van der Waals surface area contributed by atoms with Crippen LogP contribution in [0.1, 0.15) is 12.8 Å². The van der Waals surface area contributed by atoms with E-state index in [1.54, 1.807) is 0 Å². The fraction of sp³-hybridized carbons (Fsp3) is 0.538. The summed E-state index contributed by atoms with van der Waals surface area (Å²) in [6.07, 6.45) is 4.46. The molecular weight excluding hydrogens is 232 g/mol. The van der Waals surface area contributed by atoms with E-state index in [-0.39, 0.29) is 0 Å². The lowest BCUT2D eigenvalue weighted by molar-refractivity contribution is 0.678. The maximum atomic E-state index is 12.0. The van der Waals surface area contributed by atoms with E-state index in [4.69, 9.17) is 0 Å². The normalized spacial score (nSPS) is 20.4. The third-order valence-electron chi connectivity index (χ3n) is 3.64. The van der Waals surface area contributed by atoms with Crippen molar-refractivity contribution in [2.45, 2.75) is 30.8 Å². The van der Waals surface area contributed by atoms with Crippen molar-refractivity contribution in [3.05, 3.63) is 30.3 Å². The number of hydrogen-bond acceptors (Lipinski definition) is 1. The highest BCUT2D eigenvalue weighted by Gasteiger charge is 2.45. The van der Waals surface area contributed by atoms with Crippen molar-refractivity contribution in [2.75, 3.05) is 6.26 Å². The molecule has 2 rings (SSSR count). The molecule has 1 saturated carbocycles. The van der Waals surface area contributed by atoms with E-state index in [9.17, 15) is 4.21 Å². The average molecular weight is 252 g/mol. The van der Waals surface area contributed by atoms with Crippen LogP contribution in [0.4, 0.5) is 0 Å². The molecule has 16 heavy (non-hydrogen) atoms. The molecule has 0 heterocycles. The summed E-state index contributed by atoms with van der Waals surface area (Å²) in [4.78, 5) is 0.440. The highest BCUT2D eigenvalue weighted by Crippen LogP contribution is 2.39. The van der Waals surface area contributed by atoms with Gasteiger partial charge in [0, 0.05) is 21.9 Å². The van der Waals surface area contributed by atoms with Gasteiger partial charge < -0.3 is 0 Å². The smallest absolute Gasteiger partial charge is 0.0973 e. The summed E-state index contributed by atoms with van der Waals surface area (Å²) in [7, 11) is -2.25. The summed E-state index contributed by atoms with van der Waals surface area (Å²) in [5, 5.41) is 1.45. The fourth-order valence-electron chi connectivity index (χ4n) is 2.71. The van der Waals surface area contributed by atoms with E-state index in [0.29, 0.717) is 4.87 Å². The zero-order valence-corrected chi connectivity index (χ0v) is 12.1. The lowest BCUT2D eigenvalue weighted by Gasteiger charge is -2.31. The van der Waals surface area contributed by atoms with Crippen LogP contribution in [0.15, 0.2) is 30.3 Å². The van der Waals surface area contributed by atoms with Gasteiger partial charge in [0.2, 0.25) is 0 Å². The Bertz CT molecular complexity index is 384. The molecule has 2 atom stereocenters. The van der Waals surface area contributed by atoms with Crippen molar-refractivity contribution >= 4 is 24.1 Å². The summed E-state index contributed by atoms with van der Waals surface area (Å²) >= 11 is 0. The van der Waals surface area contributed by atoms with Gasteiger partial charge in [0.1, 0.15) is 0 Å². The molecule has 0 spiro atoms. The largest absolute Gasteiger partial charge is 0.260 e. The Hall–Kier alpha value is -0.413. The molecule has 1 aromatic rings. The Morgan fingerprint density at radius 3 is 2.25 bits per heavy atom. The monoisotopic (exact) mass is 252 g/mol. The van der Waals surface area contributed by atoms with E-state index in [0.717, 1.165) is 5.92 Å². The van der Waals surface area contributed by atoms with Crippen LogP contribution in [0, 0.1) is 5.92 Å². The molecule has 1 aliphatic carbocycles. The van der Waals surface area contributed by atoms with Crippen LogP contribution in [0.3, 0.4) is 0 Å². The molecule has 0 saturated heterocycles. The van der Waals surface area contributed by atoms with Crippen LogP contribution in [0.5, 0.6) is 0 Å². The minimum absolute atomic E-state index is 0.440. The Morgan fingerprint density at radius 2 is 1.81 bits per heavy atom. The fourth-order valence-corrected chi connectivity index (χ4v) is 10.1. The molecule has 88 valence electrons. The molecule has 0 aliphatic heterocycles. The maximum Gasteiger partial charge on any atom is 0.0973 e. The van der Waals surface area contributed by atoms with Gasteiger partial charge in [-0.1, -0.05) is 48.6 Å². The number of rotatable bonds is 4. The van der Waals surface area contributed by atoms with Gasteiger partial charge in [0.15, 0.2) is 0 Å². The minimum atomic E-state index is -1.57. The summed E-state index contributed by atoms with van der Waals surface area (Å²) in [5.74, 6) is 0.729. The Kier molecular flexibility index (Phi) is 3.36. The second-order valence-corrected chi connectivity index (χ2v) is 11.9. The molecule has 2 unspecified atom stereocenters. The minimum Gasteiger partial charge on any atom is -0.260 e. The zero-order chi connectivity index (χ0) is 11.8. The summed E-state index contributed by atoms with van der Waals surface area (Å²) in [6.45, 7) is 4.74. The predicted molar refractivity (Wildman–Crippen MR) is 74.1 cm³/mol. The van der Waals surface area contributed by atoms with Gasteiger partial charge in [-0.3, -0.25) is 4.21 Å². The standard InChI is InChI=1S/C13H20OSSi/c1-15(14)13(11-9-10-11)16(2,3)12-7-5-4-6-8-12/h4-8,11,13H,9-10H2,1-3H3. The summed E-state index contributed by atoms with van der Waals surface area (Å²) in [6, 6.07) is 10.7. The molecule has 1 fully saturated rings. The Morgan fingerprint density at radius 1 is 1.25 bits per heavy atom. The van der Waals surface area contributed by atoms with Gasteiger partial charge in [-0.2, -0.15) is 0 Å². The van der Waals surface area contributed by atoms with Crippen LogP contribution < -0.4 is 5.19 Å². The van der Waals surface area contributed by atoms with Gasteiger partial charge in [0.05, 0.1) is 8.07 Å². The lowest BCUT2D eigenvalue weighted by Crippen LogP contribution is -2.55. The molecule has 0 aromatic heterocycles. The van der Waals surface area contributed by atoms with Gasteiger partial charge in [0.25, 0.3) is 0 Å². The Labute approximate surface area is 102 Å². The highest BCUT2D eigenvalue weighted by atomic mass is 32.2. The third kappa shape index (κ3) is 2.30. The van der Waals surface area contributed by atoms with E-state index in [1.165, 1.54) is 18.0 Å². The van der Waals surface area contributed by atoms with E-state index in [2.05, 4.69) is 43.4 Å². The zero-order valence-electron chi connectivity index (χ0n) is 10.3. The maximum absolute atomic E-state index is 12.0. The molecule has 1 nitrogen and oxygen atoms in total. The first-order valence-corrected chi connectivity index (χ1v) is 10.6. The van der Waals surface area contributed by atoms with Crippen LogP contribution in [-0.2, 0) is 10.8 Å². The number of benzene rings is 1. The molecule has 1 aliphatic rings. The first-order valence-electron chi connectivity index (χ1n) is 5.91. The molecule has 0 N–H and O–H groups in total. The van der Waals surface area contributed by atoms with E-state index >= 15 is 0 Å². The first-order chi connectivity index (χ1) is 7.53. The molecule has 0 amide bonds. The summed E-state index contributed by atoms with van der Waals surface area (Å²) in [5.41, 5.74) is 0. The van der Waals surface area contributed by atoms with E-state index < -0.39 is 18.9 Å². The molecule has 1 aromatic carbocycles. The van der Waals surface area contributed by atoms with Crippen LogP contribution in [-0.4, -0.2) is 23.4 Å². The molecule has 0 radical (unpaired) electrons. The third-order valence-corrected chi connectivity index (χ3v) is 11.2. The van der Waals surface area contributed by atoms with Crippen molar-refractivity contribution in [3.63, 3.8) is 0 Å². The van der Waals surface area contributed by atoms with Crippen LogP contribution in [0.25, 0.3) is 0 Å². The number of hydrogen-bond donors (Lipinski definition) is 0. The second kappa shape index (κ2) is 4.45. The lowest BCUT2D eigenvalue weighted by atomic mass is 10.4. The van der Waals surface area contributed by atoms with Gasteiger partial charge in [-0.15, -0.1) is 0 Å². The molecule has 3 heteroatoms. The van der Waals surface area contributed by atoms with Crippen LogP contribution >= 0.6 is 0 Å². The second-order valence-electron chi connectivity index (χ2n) is 5.34. The quantitative estimate of drug-likeness (QED) is 0.752. The van der Waals surface area contributed by atoms with Crippen molar-refractivity contribution in [3.8, 4) is 0 Å². The molecule has 0 bridgehead atoms. The summed E-state index contributed by atoms with van der Waals surface area (Å²) < 4.78 is 12.0. The Balaban J connectivity index is 2.32. The van der Waals surface area contributed by atoms with Crippen molar-refractivity contribution in [1.82, 2.24) is 0 Å². The SMILES string of the molecule is CS(=O)C(C1CC1)[Si](C)(C)c1ccccc1. The van der Waals surface area contributed by atoms with Gasteiger partial charge in [-0.05, 0) is 18.8 Å².